The highest BCUT2D eigenvalue weighted by molar-refractivity contribution is 6.32. The Bertz CT molecular complexity index is 1280. The summed E-state index contributed by atoms with van der Waals surface area (Å²) in [6.07, 6.45) is 3.33. The molecule has 4 aromatic rings. The first kappa shape index (κ1) is 19.6. The first-order chi connectivity index (χ1) is 14.5. The van der Waals surface area contributed by atoms with Crippen LogP contribution < -0.4 is 4.74 Å². The van der Waals surface area contributed by atoms with E-state index in [0.717, 1.165) is 22.0 Å². The maximum absolute atomic E-state index is 11.3. The number of methoxy groups -OCH3 is 1. The predicted octanol–water partition coefficient (Wildman–Crippen LogP) is 3.67. The smallest absolute Gasteiger partial charge is 0.299 e. The van der Waals surface area contributed by atoms with E-state index in [1.165, 1.54) is 11.8 Å². The van der Waals surface area contributed by atoms with E-state index in [0.29, 0.717) is 28.7 Å². The number of aromatic nitrogens is 5. The van der Waals surface area contributed by atoms with Crippen molar-refractivity contribution in [3.8, 4) is 11.7 Å². The van der Waals surface area contributed by atoms with E-state index in [2.05, 4.69) is 25.3 Å². The Morgan fingerprint density at radius 3 is 2.90 bits per heavy atom. The fraction of sp³-hybridized carbons (Fsp3) is 0.150. The molecule has 0 aliphatic rings. The Morgan fingerprint density at radius 1 is 1.33 bits per heavy atom. The predicted molar refractivity (Wildman–Crippen MR) is 112 cm³/mol. The number of carbonyl (C=O) groups excluding carboxylic acids is 1. The number of ether oxygens (including phenoxy) is 2. The lowest BCUT2D eigenvalue weighted by Gasteiger charge is -2.11. The number of H-pyrrole nitrogens is 1. The molecule has 0 spiro atoms. The van der Waals surface area contributed by atoms with Crippen LogP contribution in [0.3, 0.4) is 0 Å². The summed E-state index contributed by atoms with van der Waals surface area (Å²) >= 11 is 6.30. The highest BCUT2D eigenvalue weighted by Gasteiger charge is 2.21. The quantitative estimate of drug-likeness (QED) is 0.297. The van der Waals surface area contributed by atoms with Crippen LogP contribution in [0.5, 0.6) is 5.88 Å². The van der Waals surface area contributed by atoms with Gasteiger partial charge in [0.25, 0.3) is 6.47 Å². The van der Waals surface area contributed by atoms with Crippen LogP contribution in [0, 0.1) is 13.8 Å². The van der Waals surface area contributed by atoms with Crippen molar-refractivity contribution in [3.05, 3.63) is 58.5 Å². The number of fused-ring (bicyclic) bond motifs is 1. The topological polar surface area (TPSA) is 107 Å². The average Bonchev–Trinajstić information content (AvgIpc) is 3.37. The molecular formula is C20H17ClN6O3. The second-order valence-electron chi connectivity index (χ2n) is 6.42. The van der Waals surface area contributed by atoms with Gasteiger partial charge in [0.2, 0.25) is 11.8 Å². The van der Waals surface area contributed by atoms with Crippen molar-refractivity contribution in [1.29, 1.82) is 0 Å². The zero-order valence-corrected chi connectivity index (χ0v) is 17.1. The number of hydrogen-bond donors (Lipinski definition) is 1. The molecule has 0 saturated heterocycles. The highest BCUT2D eigenvalue weighted by atomic mass is 35.5. The molecule has 3 aromatic heterocycles. The van der Waals surface area contributed by atoms with Crippen LogP contribution in [0.25, 0.3) is 16.7 Å². The number of nitrogens with one attached hydrogen (secondary N) is 1. The molecule has 0 unspecified atom stereocenters. The van der Waals surface area contributed by atoms with E-state index in [-0.39, 0.29) is 11.8 Å². The van der Waals surface area contributed by atoms with Crippen molar-refractivity contribution < 1.29 is 14.3 Å². The third kappa shape index (κ3) is 3.39. The molecule has 0 bridgehead atoms. The molecule has 30 heavy (non-hydrogen) atoms. The van der Waals surface area contributed by atoms with Crippen LogP contribution in [-0.2, 0) is 9.53 Å². The average molecular weight is 425 g/mol. The molecule has 3 heterocycles. The van der Waals surface area contributed by atoms with E-state index in [9.17, 15) is 4.79 Å². The molecule has 152 valence electrons. The van der Waals surface area contributed by atoms with Gasteiger partial charge in [0, 0.05) is 23.2 Å². The lowest BCUT2D eigenvalue weighted by Crippen LogP contribution is -2.14. The zero-order valence-electron chi connectivity index (χ0n) is 16.4. The van der Waals surface area contributed by atoms with E-state index < -0.39 is 0 Å². The van der Waals surface area contributed by atoms with Crippen molar-refractivity contribution in [3.63, 3.8) is 0 Å². The van der Waals surface area contributed by atoms with Crippen molar-refractivity contribution in [1.82, 2.24) is 25.0 Å². The summed E-state index contributed by atoms with van der Waals surface area (Å²) in [7, 11) is 1.48. The number of aliphatic imine (C=N–C) groups is 1. The molecule has 9 nitrogen and oxygen atoms in total. The van der Waals surface area contributed by atoms with Gasteiger partial charge >= 0.3 is 0 Å². The second kappa shape index (κ2) is 7.96. The molecule has 0 aliphatic heterocycles. The van der Waals surface area contributed by atoms with Gasteiger partial charge in [0.1, 0.15) is 5.69 Å². The molecule has 0 radical (unpaired) electrons. The fourth-order valence-corrected chi connectivity index (χ4v) is 3.39. The summed E-state index contributed by atoms with van der Waals surface area (Å²) in [5, 5.41) is 12.7. The van der Waals surface area contributed by atoms with E-state index in [1.54, 1.807) is 30.6 Å². The number of aromatic amines is 1. The van der Waals surface area contributed by atoms with Gasteiger partial charge in [-0.25, -0.2) is 14.7 Å². The van der Waals surface area contributed by atoms with Crippen molar-refractivity contribution in [2.45, 2.75) is 13.8 Å². The van der Waals surface area contributed by atoms with Gasteiger partial charge in [-0.3, -0.25) is 9.89 Å². The van der Waals surface area contributed by atoms with E-state index in [1.807, 2.05) is 19.9 Å². The normalized spacial score (nSPS) is 11.7. The minimum absolute atomic E-state index is 0.0209. The molecule has 4 rings (SSSR count). The van der Waals surface area contributed by atoms with Gasteiger partial charge in [-0.15, -0.1) is 5.10 Å². The maximum Gasteiger partial charge on any atom is 0.299 e. The molecule has 10 heteroatoms. The summed E-state index contributed by atoms with van der Waals surface area (Å²) in [5.41, 5.74) is 3.60. The lowest BCUT2D eigenvalue weighted by atomic mass is 10.1. The fourth-order valence-electron chi connectivity index (χ4n) is 3.19. The minimum atomic E-state index is 0.0209. The van der Waals surface area contributed by atoms with E-state index in [4.69, 9.17) is 21.1 Å². The van der Waals surface area contributed by atoms with Crippen LogP contribution in [0.4, 0.5) is 5.69 Å². The minimum Gasteiger partial charge on any atom is -0.480 e. The lowest BCUT2D eigenvalue weighted by molar-refractivity contribution is -0.121. The van der Waals surface area contributed by atoms with Crippen LogP contribution in [0.15, 0.2) is 41.7 Å². The van der Waals surface area contributed by atoms with Gasteiger partial charge in [0.15, 0.2) is 5.82 Å². The maximum atomic E-state index is 11.3. The Labute approximate surface area is 176 Å². The van der Waals surface area contributed by atoms with Crippen LogP contribution in [0.2, 0.25) is 5.02 Å². The number of rotatable bonds is 5. The summed E-state index contributed by atoms with van der Waals surface area (Å²) in [4.78, 5) is 20.2. The summed E-state index contributed by atoms with van der Waals surface area (Å²) < 4.78 is 11.9. The number of halogens is 1. The molecule has 0 fully saturated rings. The summed E-state index contributed by atoms with van der Waals surface area (Å²) in [6, 6.07) is 6.93. The number of pyridine rings is 1. The third-order valence-corrected chi connectivity index (χ3v) is 4.87. The third-order valence-electron chi connectivity index (χ3n) is 4.57. The number of benzene rings is 1. The molecule has 1 N–H and O–H groups in total. The summed E-state index contributed by atoms with van der Waals surface area (Å²) in [5.74, 6) is 0.649. The number of carbonyl (C=O) groups is 1. The molecule has 0 amide bonds. The standard InChI is InChI=1S/C20H17ClN6O3/c1-11-7-13-9-23-25-18(13)12(2)17(11)24-20(30-10-28)15-8-16(29-3)26-27(15)19-14(21)5-4-6-22-19/h4-10H,1-3H3,(H,23,25)/b24-20-. The monoisotopic (exact) mass is 424 g/mol. The van der Waals surface area contributed by atoms with Gasteiger partial charge in [-0.1, -0.05) is 11.6 Å². The first-order valence-electron chi connectivity index (χ1n) is 8.91. The van der Waals surface area contributed by atoms with Crippen LogP contribution >= 0.6 is 11.6 Å². The van der Waals surface area contributed by atoms with Crippen molar-refractivity contribution in [2.24, 2.45) is 4.99 Å². The van der Waals surface area contributed by atoms with Gasteiger partial charge in [0.05, 0.1) is 29.5 Å². The summed E-state index contributed by atoms with van der Waals surface area (Å²) in [6.45, 7) is 4.14. The highest BCUT2D eigenvalue weighted by Crippen LogP contribution is 2.31. The van der Waals surface area contributed by atoms with Gasteiger partial charge in [-0.05, 0) is 37.6 Å². The van der Waals surface area contributed by atoms with Crippen molar-refractivity contribution in [2.75, 3.05) is 7.11 Å². The second-order valence-corrected chi connectivity index (χ2v) is 6.83. The van der Waals surface area contributed by atoms with Crippen molar-refractivity contribution >= 4 is 40.6 Å². The number of aryl methyl sites for hydroxylation is 2. The van der Waals surface area contributed by atoms with Gasteiger partial charge in [-0.2, -0.15) is 5.10 Å². The molecule has 0 atom stereocenters. The van der Waals surface area contributed by atoms with Crippen LogP contribution in [-0.4, -0.2) is 44.4 Å². The van der Waals surface area contributed by atoms with Crippen LogP contribution in [0.1, 0.15) is 16.8 Å². The first-order valence-corrected chi connectivity index (χ1v) is 9.29. The Hall–Kier alpha value is -3.72. The largest absolute Gasteiger partial charge is 0.480 e. The Balaban J connectivity index is 1.94. The van der Waals surface area contributed by atoms with E-state index >= 15 is 0 Å². The molecule has 0 aliphatic carbocycles. The zero-order chi connectivity index (χ0) is 21.3. The number of nitrogens with zero attached hydrogens (tertiary/aromatic N) is 5. The Kier molecular flexibility index (Phi) is 5.20. The number of hydrogen-bond acceptors (Lipinski definition) is 7. The Morgan fingerprint density at radius 2 is 2.17 bits per heavy atom. The molecule has 0 saturated carbocycles. The van der Waals surface area contributed by atoms with Gasteiger partial charge < -0.3 is 9.47 Å². The molecular weight excluding hydrogens is 408 g/mol. The molecule has 1 aromatic carbocycles. The SMILES string of the molecule is COc1cc(/C(=N/c2c(C)cc3cn[nH]c3c2C)OC=O)n(-c2ncccc2Cl)n1.